The molecule has 0 amide bonds. The second-order valence-electron chi connectivity index (χ2n) is 10.2. The fourth-order valence-electron chi connectivity index (χ4n) is 5.15. The van der Waals surface area contributed by atoms with Gasteiger partial charge in [-0.1, -0.05) is 61.6 Å². The number of para-hydroxylation sites is 1. The van der Waals surface area contributed by atoms with E-state index in [-0.39, 0.29) is 17.2 Å². The number of benzene rings is 2. The third kappa shape index (κ3) is 4.05. The lowest BCUT2D eigenvalue weighted by molar-refractivity contribution is 0.0915. The monoisotopic (exact) mass is 472 g/mol. The summed E-state index contributed by atoms with van der Waals surface area (Å²) in [6, 6.07) is 18.9. The van der Waals surface area contributed by atoms with E-state index in [1.54, 1.807) is 11.3 Å². The van der Waals surface area contributed by atoms with E-state index in [1.807, 2.05) is 18.2 Å². The lowest BCUT2D eigenvalue weighted by atomic mass is 9.78. The smallest absolute Gasteiger partial charge is 0.186 e. The molecule has 174 valence electrons. The summed E-state index contributed by atoms with van der Waals surface area (Å²) in [4.78, 5) is 20.9. The van der Waals surface area contributed by atoms with Crippen LogP contribution in [0.3, 0.4) is 0 Å². The van der Waals surface area contributed by atoms with Crippen LogP contribution in [0, 0.1) is 5.41 Å². The van der Waals surface area contributed by atoms with Gasteiger partial charge in [-0.2, -0.15) is 0 Å². The van der Waals surface area contributed by atoms with Crippen molar-refractivity contribution < 1.29 is 13.9 Å². The van der Waals surface area contributed by atoms with E-state index in [2.05, 4.69) is 55.1 Å². The second-order valence-corrected chi connectivity index (χ2v) is 11.2. The van der Waals surface area contributed by atoms with Crippen LogP contribution in [-0.4, -0.2) is 36.6 Å². The zero-order valence-corrected chi connectivity index (χ0v) is 20.4. The van der Waals surface area contributed by atoms with Crippen molar-refractivity contribution in [1.29, 1.82) is 0 Å². The van der Waals surface area contributed by atoms with Crippen LogP contribution >= 0.6 is 11.3 Å². The number of Topliss-reactive ketones (excluding diaryl/α,β-unsaturated/α-hetero) is 1. The van der Waals surface area contributed by atoms with Gasteiger partial charge in [-0.25, -0.2) is 4.98 Å². The number of aromatic nitrogens is 1. The van der Waals surface area contributed by atoms with Crippen molar-refractivity contribution in [1.82, 2.24) is 4.98 Å². The maximum Gasteiger partial charge on any atom is 0.186 e. The fourth-order valence-corrected chi connectivity index (χ4v) is 6.27. The maximum absolute atomic E-state index is 12.7. The van der Waals surface area contributed by atoms with Crippen molar-refractivity contribution in [3.8, 4) is 11.3 Å². The Kier molecular flexibility index (Phi) is 5.30. The van der Waals surface area contributed by atoms with Gasteiger partial charge in [0.15, 0.2) is 10.9 Å². The Morgan fingerprint density at radius 2 is 2.00 bits per heavy atom. The number of thiazole rings is 1. The van der Waals surface area contributed by atoms with Crippen LogP contribution in [0.1, 0.15) is 41.2 Å². The topological polar surface area (TPSA) is 55.6 Å². The second kappa shape index (κ2) is 8.36. The minimum atomic E-state index is -0.0169. The molecule has 0 saturated carbocycles. The summed E-state index contributed by atoms with van der Waals surface area (Å²) in [5.74, 6) is 1.12. The van der Waals surface area contributed by atoms with Crippen LogP contribution < -0.4 is 4.90 Å². The molecule has 2 aliphatic rings. The predicted octanol–water partition coefficient (Wildman–Crippen LogP) is 6.16. The van der Waals surface area contributed by atoms with Crippen LogP contribution in [-0.2, 0) is 17.6 Å². The molecule has 3 heterocycles. The van der Waals surface area contributed by atoms with Gasteiger partial charge in [0.1, 0.15) is 11.3 Å². The van der Waals surface area contributed by atoms with Crippen molar-refractivity contribution in [2.24, 2.45) is 5.41 Å². The van der Waals surface area contributed by atoms with Gasteiger partial charge in [0.05, 0.1) is 29.8 Å². The summed E-state index contributed by atoms with van der Waals surface area (Å²) in [7, 11) is 0. The molecule has 4 aromatic rings. The van der Waals surface area contributed by atoms with Crippen molar-refractivity contribution in [3.05, 3.63) is 70.7 Å². The first-order valence-corrected chi connectivity index (χ1v) is 12.7. The lowest BCUT2D eigenvalue weighted by Gasteiger charge is -2.35. The molecule has 6 rings (SSSR count). The summed E-state index contributed by atoms with van der Waals surface area (Å²) in [5, 5.41) is 2.07. The molecule has 5 nitrogen and oxygen atoms in total. The van der Waals surface area contributed by atoms with Gasteiger partial charge in [-0.15, -0.1) is 0 Å². The van der Waals surface area contributed by atoms with E-state index >= 15 is 0 Å². The number of nitrogens with zero attached hydrogens (tertiary/aromatic N) is 2. The van der Waals surface area contributed by atoms with Crippen molar-refractivity contribution in [2.75, 3.05) is 24.7 Å². The molecule has 0 unspecified atom stereocenters. The predicted molar refractivity (Wildman–Crippen MR) is 136 cm³/mol. The Hall–Kier alpha value is -2.96. The third-order valence-electron chi connectivity index (χ3n) is 6.81. The van der Waals surface area contributed by atoms with Crippen LogP contribution in [0.25, 0.3) is 22.3 Å². The van der Waals surface area contributed by atoms with Gasteiger partial charge in [0.25, 0.3) is 0 Å². The fraction of sp³-hybridized carbons (Fsp3) is 0.357. The van der Waals surface area contributed by atoms with E-state index in [0.29, 0.717) is 19.6 Å². The van der Waals surface area contributed by atoms with Gasteiger partial charge in [0, 0.05) is 23.9 Å². The van der Waals surface area contributed by atoms with Crippen molar-refractivity contribution >= 4 is 33.2 Å². The molecule has 2 aromatic heterocycles. The van der Waals surface area contributed by atoms with E-state index < -0.39 is 0 Å². The molecular weight excluding hydrogens is 444 g/mol. The Morgan fingerprint density at radius 3 is 2.88 bits per heavy atom. The Balaban J connectivity index is 1.26. The van der Waals surface area contributed by atoms with Gasteiger partial charge < -0.3 is 14.1 Å². The van der Waals surface area contributed by atoms with Crippen molar-refractivity contribution in [3.63, 3.8) is 0 Å². The normalized spacial score (nSPS) is 20.0. The molecule has 0 spiro atoms. The number of hydrogen-bond acceptors (Lipinski definition) is 6. The summed E-state index contributed by atoms with van der Waals surface area (Å²) in [6.45, 7) is 6.43. The molecule has 1 saturated heterocycles. The first kappa shape index (κ1) is 21.6. The Bertz CT molecular complexity index is 1340. The quantitative estimate of drug-likeness (QED) is 0.356. The molecule has 0 radical (unpaired) electrons. The summed E-state index contributed by atoms with van der Waals surface area (Å²) >= 11 is 1.56. The molecule has 1 aliphatic heterocycles. The minimum Gasteiger partial charge on any atom is -0.456 e. The zero-order chi connectivity index (χ0) is 23.3. The summed E-state index contributed by atoms with van der Waals surface area (Å²) in [6.07, 6.45) is 2.31. The van der Waals surface area contributed by atoms with E-state index in [9.17, 15) is 4.79 Å². The van der Waals surface area contributed by atoms with Crippen molar-refractivity contribution in [2.45, 2.75) is 39.2 Å². The van der Waals surface area contributed by atoms with Crippen LogP contribution in [0.15, 0.2) is 59.0 Å². The Labute approximate surface area is 203 Å². The number of hydrogen-bond donors (Lipinski definition) is 0. The van der Waals surface area contributed by atoms with Crippen LogP contribution in [0.5, 0.6) is 0 Å². The summed E-state index contributed by atoms with van der Waals surface area (Å²) < 4.78 is 12.0. The highest BCUT2D eigenvalue weighted by Gasteiger charge is 2.36. The first-order chi connectivity index (χ1) is 16.4. The molecule has 1 aliphatic carbocycles. The standard InChI is InChI=1S/C28H28N2O3S/c1-28(2)15-22-26(23(31)16-28)34-27(29-22)30-10-11-32-17-21(30)13-18-6-5-8-19(12-18)25-14-20-7-3-4-9-24(20)33-25/h3-9,12,14,21H,10-11,13,15-17H2,1-2H3/t21-/m0/s1. The zero-order valence-electron chi connectivity index (χ0n) is 19.5. The molecule has 6 heteroatoms. The number of carbonyl (C=O) groups is 1. The highest BCUT2D eigenvalue weighted by molar-refractivity contribution is 7.17. The van der Waals surface area contributed by atoms with Gasteiger partial charge in [0.2, 0.25) is 0 Å². The first-order valence-electron chi connectivity index (χ1n) is 11.9. The average molecular weight is 473 g/mol. The highest BCUT2D eigenvalue weighted by Crippen LogP contribution is 2.40. The van der Waals surface area contributed by atoms with E-state index in [4.69, 9.17) is 14.1 Å². The average Bonchev–Trinajstić information content (AvgIpc) is 3.43. The van der Waals surface area contributed by atoms with E-state index in [1.165, 1.54) is 5.56 Å². The number of rotatable bonds is 4. The number of ketones is 1. The maximum atomic E-state index is 12.7. The lowest BCUT2D eigenvalue weighted by Crippen LogP contribution is -2.46. The van der Waals surface area contributed by atoms with Crippen LogP contribution in [0.2, 0.25) is 0 Å². The molecule has 1 fully saturated rings. The molecule has 1 atom stereocenters. The number of anilines is 1. The van der Waals surface area contributed by atoms with E-state index in [0.717, 1.165) is 57.4 Å². The molecule has 34 heavy (non-hydrogen) atoms. The highest BCUT2D eigenvalue weighted by atomic mass is 32.1. The van der Waals surface area contributed by atoms with Gasteiger partial charge in [-0.3, -0.25) is 4.79 Å². The SMILES string of the molecule is CC1(C)CC(=O)c2sc(N3CCOC[C@@H]3Cc3cccc(-c4cc5ccccc5o4)c3)nc2C1. The number of morpholine rings is 1. The summed E-state index contributed by atoms with van der Waals surface area (Å²) in [5.41, 5.74) is 4.17. The van der Waals surface area contributed by atoms with Gasteiger partial charge >= 0.3 is 0 Å². The van der Waals surface area contributed by atoms with Crippen LogP contribution in [0.4, 0.5) is 5.13 Å². The molecule has 0 bridgehead atoms. The minimum absolute atomic E-state index is 0.0169. The Morgan fingerprint density at radius 1 is 1.12 bits per heavy atom. The number of carbonyl (C=O) groups excluding carboxylic acids is 1. The molecule has 2 aromatic carbocycles. The number of furan rings is 1. The number of fused-ring (bicyclic) bond motifs is 2. The third-order valence-corrected chi connectivity index (χ3v) is 7.98. The molecule has 0 N–H and O–H groups in total. The molecular formula is C28H28N2O3S. The largest absolute Gasteiger partial charge is 0.456 e. The number of ether oxygens (including phenoxy) is 1. The van der Waals surface area contributed by atoms with Gasteiger partial charge in [-0.05, 0) is 42.0 Å².